The molecule has 1 aliphatic carbocycles. The van der Waals surface area contributed by atoms with Crippen molar-refractivity contribution in [3.05, 3.63) is 79.8 Å². The van der Waals surface area contributed by atoms with Crippen LogP contribution in [0.25, 0.3) is 22.3 Å². The standard InChI is InChI=1S/C17H18BrN7.C13H16BrN.C5H4ClN5/c1-24-5-4-17(7-24)8-25(12-6-10(18)2-3-11(12)17)15-13-14(21-9-20-13)22-16(19)23-15;1-15-7-6-13(9-15)5-4-10-8-11(14)2-3-12(10)13;6-3-2-4(9-1-8-2)11-5(7)10-3/h2-3,6,9H,4-5,7-8H2,1H3,(H3,19,20,21,22,23);2-3,8H,4-7,9H2,1H3;1H,(H3,7,8,9,10,11). The van der Waals surface area contributed by atoms with Crippen LogP contribution in [-0.2, 0) is 17.3 Å². The van der Waals surface area contributed by atoms with Gasteiger partial charge in [0.2, 0.25) is 11.9 Å². The van der Waals surface area contributed by atoms with E-state index in [0.717, 1.165) is 41.9 Å². The fraction of sp³-hybridized carbons (Fsp3) is 0.371. The molecule has 2 fully saturated rings. The quantitative estimate of drug-likeness (QED) is 0.144. The van der Waals surface area contributed by atoms with E-state index in [2.05, 4.69) is 137 Å². The Labute approximate surface area is 316 Å². The fourth-order valence-corrected chi connectivity index (χ4v) is 9.39. The molecule has 2 aromatic carbocycles. The number of halogens is 3. The number of nitrogens with one attached hydrogen (secondary N) is 2. The van der Waals surface area contributed by atoms with Crippen molar-refractivity contribution in [3.8, 4) is 0 Å². The lowest BCUT2D eigenvalue weighted by Gasteiger charge is -2.25. The Bertz CT molecular complexity index is 2260. The van der Waals surface area contributed by atoms with E-state index in [1.165, 1.54) is 54.4 Å². The summed E-state index contributed by atoms with van der Waals surface area (Å²) in [6.07, 6.45) is 8.23. The Morgan fingerprint density at radius 1 is 0.725 bits per heavy atom. The van der Waals surface area contributed by atoms with Crippen LogP contribution in [0.1, 0.15) is 36.0 Å². The van der Waals surface area contributed by atoms with Crippen LogP contribution in [0.4, 0.5) is 23.4 Å². The largest absolute Gasteiger partial charge is 0.368 e. The molecule has 0 radical (unpaired) electrons. The van der Waals surface area contributed by atoms with E-state index >= 15 is 0 Å². The number of aromatic amines is 2. The maximum absolute atomic E-state index is 5.95. The average Bonchev–Trinajstić information content (AvgIpc) is 3.95. The molecule has 4 aliphatic rings. The predicted octanol–water partition coefficient (Wildman–Crippen LogP) is 5.98. The zero-order valence-corrected chi connectivity index (χ0v) is 32.2. The van der Waals surface area contributed by atoms with Crippen molar-refractivity contribution in [1.29, 1.82) is 0 Å². The smallest absolute Gasteiger partial charge is 0.224 e. The number of benzene rings is 2. The van der Waals surface area contributed by atoms with Crippen LogP contribution in [0.2, 0.25) is 5.15 Å². The summed E-state index contributed by atoms with van der Waals surface area (Å²) in [6.45, 7) is 5.55. The molecule has 13 nitrogen and oxygen atoms in total. The number of likely N-dealkylation sites (tertiary alicyclic amines) is 2. The van der Waals surface area contributed by atoms with Gasteiger partial charge in [-0.05, 0) is 93.8 Å². The van der Waals surface area contributed by atoms with Gasteiger partial charge in [-0.15, -0.1) is 0 Å². The van der Waals surface area contributed by atoms with E-state index in [9.17, 15) is 0 Å². The second-order valence-corrected chi connectivity index (χ2v) is 16.3. The van der Waals surface area contributed by atoms with Crippen molar-refractivity contribution in [2.45, 2.75) is 36.5 Å². The number of H-pyrrole nitrogens is 2. The van der Waals surface area contributed by atoms with Gasteiger partial charge >= 0.3 is 0 Å². The third-order valence-electron chi connectivity index (χ3n) is 10.7. The Kier molecular flexibility index (Phi) is 8.90. The Hall–Kier alpha value is -3.89. The Balaban J connectivity index is 0.000000122. The first-order valence-corrected chi connectivity index (χ1v) is 18.8. The SMILES string of the molecule is CN1CCC2(C1)CN(c1nc(N)nc3nc[nH]c13)c1cc(Br)ccc12.CN1CCC2(CCc3cc(Br)ccc32)C1.Nc1nc(Cl)c2[nH]cnc2n1. The van der Waals surface area contributed by atoms with Gasteiger partial charge in [0, 0.05) is 45.1 Å². The molecule has 16 heteroatoms. The Morgan fingerprint density at radius 2 is 1.33 bits per heavy atom. The zero-order chi connectivity index (χ0) is 35.5. The van der Waals surface area contributed by atoms with Crippen molar-refractivity contribution < 1.29 is 0 Å². The highest BCUT2D eigenvalue weighted by Crippen LogP contribution is 2.50. The third-order valence-corrected chi connectivity index (χ3v) is 11.9. The zero-order valence-electron chi connectivity index (χ0n) is 28.3. The normalized spacial score (nSPS) is 22.4. The van der Waals surface area contributed by atoms with Gasteiger partial charge in [0.15, 0.2) is 22.3 Å². The van der Waals surface area contributed by atoms with Crippen LogP contribution in [0.3, 0.4) is 0 Å². The summed E-state index contributed by atoms with van der Waals surface area (Å²) in [5.74, 6) is 1.18. The van der Waals surface area contributed by atoms with E-state index in [4.69, 9.17) is 23.1 Å². The van der Waals surface area contributed by atoms with Gasteiger partial charge in [-0.2, -0.15) is 19.9 Å². The number of anilines is 4. The molecular formula is C35H38Br2ClN13. The lowest BCUT2D eigenvalue weighted by atomic mass is 9.81. The highest BCUT2D eigenvalue weighted by Gasteiger charge is 2.47. The summed E-state index contributed by atoms with van der Waals surface area (Å²) in [5, 5.41) is 0.296. The lowest BCUT2D eigenvalue weighted by molar-refractivity contribution is 0.366. The molecule has 4 aromatic heterocycles. The third kappa shape index (κ3) is 6.32. The van der Waals surface area contributed by atoms with E-state index < -0.39 is 0 Å². The summed E-state index contributed by atoms with van der Waals surface area (Å²) in [7, 11) is 4.43. The maximum Gasteiger partial charge on any atom is 0.224 e. The minimum absolute atomic E-state index is 0.122. The van der Waals surface area contributed by atoms with Crippen LogP contribution in [-0.4, -0.2) is 96.5 Å². The number of aromatic nitrogens is 8. The molecule has 7 heterocycles. The van der Waals surface area contributed by atoms with E-state index in [0.29, 0.717) is 27.4 Å². The van der Waals surface area contributed by atoms with Crippen LogP contribution >= 0.6 is 43.5 Å². The topological polar surface area (TPSA) is 171 Å². The summed E-state index contributed by atoms with van der Waals surface area (Å²) >= 11 is 12.9. The second kappa shape index (κ2) is 13.3. The number of aryl methyl sites for hydroxylation is 1. The van der Waals surface area contributed by atoms with Crippen molar-refractivity contribution in [1.82, 2.24) is 49.7 Å². The van der Waals surface area contributed by atoms with E-state index in [-0.39, 0.29) is 17.3 Å². The van der Waals surface area contributed by atoms with Crippen molar-refractivity contribution >= 4 is 89.2 Å². The van der Waals surface area contributed by atoms with Crippen LogP contribution < -0.4 is 16.4 Å². The average molecular weight is 836 g/mol. The number of hydrogen-bond acceptors (Lipinski definition) is 11. The molecule has 10 rings (SSSR count). The maximum atomic E-state index is 5.95. The monoisotopic (exact) mass is 833 g/mol. The molecule has 2 saturated heterocycles. The summed E-state index contributed by atoms with van der Waals surface area (Å²) in [6, 6.07) is 13.4. The molecule has 2 spiro atoms. The number of fused-ring (bicyclic) bond motifs is 6. The van der Waals surface area contributed by atoms with Crippen LogP contribution in [0.15, 0.2) is 58.0 Å². The molecule has 51 heavy (non-hydrogen) atoms. The van der Waals surface area contributed by atoms with E-state index in [1.807, 2.05) is 0 Å². The molecule has 3 aliphatic heterocycles. The minimum Gasteiger partial charge on any atom is -0.368 e. The van der Waals surface area contributed by atoms with Gasteiger partial charge in [0.25, 0.3) is 0 Å². The first kappa shape index (κ1) is 34.2. The molecule has 2 atom stereocenters. The molecule has 0 saturated carbocycles. The second-order valence-electron chi connectivity index (χ2n) is 14.1. The number of imidazole rings is 2. The number of nitrogen functional groups attached to an aromatic ring is 2. The van der Waals surface area contributed by atoms with Gasteiger partial charge in [-0.3, -0.25) is 0 Å². The first-order valence-electron chi connectivity index (χ1n) is 16.8. The number of nitrogens with two attached hydrogens (primary N) is 2. The molecule has 264 valence electrons. The highest BCUT2D eigenvalue weighted by molar-refractivity contribution is 9.10. The predicted molar refractivity (Wildman–Crippen MR) is 208 cm³/mol. The Morgan fingerprint density at radius 3 is 2.02 bits per heavy atom. The number of hydrogen-bond donors (Lipinski definition) is 4. The van der Waals surface area contributed by atoms with Crippen molar-refractivity contribution in [3.63, 3.8) is 0 Å². The van der Waals surface area contributed by atoms with Gasteiger partial charge in [0.05, 0.1) is 12.7 Å². The molecular weight excluding hydrogens is 798 g/mol. The summed E-state index contributed by atoms with van der Waals surface area (Å²) in [4.78, 5) is 37.6. The molecule has 0 amide bonds. The summed E-state index contributed by atoms with van der Waals surface area (Å²) in [5.41, 5.74) is 20.2. The van der Waals surface area contributed by atoms with Gasteiger partial charge in [0.1, 0.15) is 11.0 Å². The number of nitrogens with zero attached hydrogens (tertiary/aromatic N) is 9. The molecule has 2 unspecified atom stereocenters. The highest BCUT2D eigenvalue weighted by atomic mass is 79.9. The molecule has 6 aromatic rings. The van der Waals surface area contributed by atoms with Crippen molar-refractivity contribution in [2.75, 3.05) is 63.2 Å². The summed E-state index contributed by atoms with van der Waals surface area (Å²) < 4.78 is 2.28. The minimum atomic E-state index is 0.122. The van der Waals surface area contributed by atoms with Gasteiger partial charge in [-0.25, -0.2) is 9.97 Å². The molecule has 6 N–H and O–H groups in total. The van der Waals surface area contributed by atoms with E-state index in [1.54, 1.807) is 17.5 Å². The van der Waals surface area contributed by atoms with Crippen LogP contribution in [0.5, 0.6) is 0 Å². The van der Waals surface area contributed by atoms with Gasteiger partial charge < -0.3 is 36.1 Å². The van der Waals surface area contributed by atoms with Crippen LogP contribution in [0, 0.1) is 0 Å². The number of likely N-dealkylation sites (N-methyl/N-ethyl adjacent to an activating group) is 2. The van der Waals surface area contributed by atoms with Gasteiger partial charge in [-0.1, -0.05) is 55.6 Å². The lowest BCUT2D eigenvalue weighted by Crippen LogP contribution is -2.34. The molecule has 0 bridgehead atoms. The van der Waals surface area contributed by atoms with Crippen molar-refractivity contribution in [2.24, 2.45) is 0 Å². The first-order chi connectivity index (χ1) is 24.5. The number of rotatable bonds is 1. The fourth-order valence-electron chi connectivity index (χ4n) is 8.41.